The van der Waals surface area contributed by atoms with Crippen LogP contribution >= 0.6 is 11.3 Å². The van der Waals surface area contributed by atoms with E-state index >= 15 is 0 Å². The number of nitrogens with zero attached hydrogens (tertiary/aromatic N) is 1. The average molecular weight is 904 g/mol. The van der Waals surface area contributed by atoms with E-state index in [1.807, 2.05) is 11.3 Å². The normalized spacial score (nSPS) is 14.0. The Kier molecular flexibility index (Phi) is 9.27. The molecule has 11 aromatic rings. The lowest BCUT2D eigenvalue weighted by Gasteiger charge is -2.36. The van der Waals surface area contributed by atoms with Gasteiger partial charge in [0.25, 0.3) is 0 Å². The van der Waals surface area contributed by atoms with Gasteiger partial charge in [-0.3, -0.25) is 0 Å². The van der Waals surface area contributed by atoms with E-state index in [1.54, 1.807) is 0 Å². The third kappa shape index (κ3) is 5.92. The Morgan fingerprint density at radius 2 is 0.912 bits per heavy atom. The van der Waals surface area contributed by atoms with E-state index in [1.165, 1.54) is 91.0 Å². The second-order valence-corrected chi connectivity index (χ2v) is 24.4. The largest absolute Gasteiger partial charge is 0.310 e. The first-order chi connectivity index (χ1) is 33.3. The van der Waals surface area contributed by atoms with Gasteiger partial charge in [-0.2, -0.15) is 0 Å². The molecule has 0 spiro atoms. The highest BCUT2D eigenvalue weighted by molar-refractivity contribution is 7.26. The van der Waals surface area contributed by atoms with Crippen LogP contribution in [-0.4, -0.2) is 8.07 Å². The zero-order valence-electron chi connectivity index (χ0n) is 38.4. The van der Waals surface area contributed by atoms with E-state index in [2.05, 4.69) is 268 Å². The second-order valence-electron chi connectivity index (χ2n) is 19.6. The number of fused-ring (bicyclic) bond motifs is 9. The first kappa shape index (κ1) is 40.7. The lowest BCUT2D eigenvalue weighted by atomic mass is 9.67. The number of benzene rings is 10. The van der Waals surface area contributed by atoms with E-state index in [9.17, 15) is 0 Å². The third-order valence-electron chi connectivity index (χ3n) is 15.0. The molecule has 2 heterocycles. The zero-order valence-corrected chi connectivity index (χ0v) is 40.3. The molecule has 324 valence electrons. The van der Waals surface area contributed by atoms with Crippen LogP contribution in [0.25, 0.3) is 42.4 Å². The summed E-state index contributed by atoms with van der Waals surface area (Å²) in [5.74, 6) is 0. The van der Waals surface area contributed by atoms with Crippen molar-refractivity contribution in [3.8, 4) is 22.3 Å². The summed E-state index contributed by atoms with van der Waals surface area (Å²) in [6.45, 7) is 7.12. The van der Waals surface area contributed by atoms with Crippen LogP contribution in [0.5, 0.6) is 0 Å². The van der Waals surface area contributed by atoms with Crippen molar-refractivity contribution in [3.05, 3.63) is 270 Å². The molecule has 0 N–H and O–H groups in total. The second kappa shape index (κ2) is 15.5. The number of hydrogen-bond donors (Lipinski definition) is 0. The first-order valence-electron chi connectivity index (χ1n) is 23.8. The predicted molar refractivity (Wildman–Crippen MR) is 293 cm³/mol. The molecule has 1 nitrogen and oxygen atoms in total. The molecule has 3 heteroatoms. The lowest BCUT2D eigenvalue weighted by molar-refractivity contribution is 0.591. The maximum Gasteiger partial charge on any atom is 0.180 e. The molecular formula is C65H49NSSi. The fourth-order valence-electron chi connectivity index (χ4n) is 12.0. The van der Waals surface area contributed by atoms with Crippen LogP contribution < -0.4 is 25.6 Å². The van der Waals surface area contributed by atoms with Gasteiger partial charge in [0.2, 0.25) is 0 Å². The summed E-state index contributed by atoms with van der Waals surface area (Å²) >= 11 is 1.88. The highest BCUT2D eigenvalue weighted by Gasteiger charge is 2.50. The molecule has 68 heavy (non-hydrogen) atoms. The SMILES string of the molecule is CC(C)(C)c1cc(N(c2ccc3c(c2)C(c2ccccc2)(c2ccccc2)c2ccccc2-3)c2ccc3c(c2)sc2ccccc23)cc([Si]2(c3ccccc3)c3ccccc3-c3ccccc32)c1. The van der Waals surface area contributed by atoms with Crippen molar-refractivity contribution in [1.82, 2.24) is 0 Å². The molecule has 1 aliphatic heterocycles. The summed E-state index contributed by atoms with van der Waals surface area (Å²) in [6, 6.07) is 92.3. The van der Waals surface area contributed by atoms with Crippen LogP contribution in [0.2, 0.25) is 0 Å². The highest BCUT2D eigenvalue weighted by atomic mass is 32.1. The first-order valence-corrected chi connectivity index (χ1v) is 26.6. The quantitative estimate of drug-likeness (QED) is 0.144. The lowest BCUT2D eigenvalue weighted by Crippen LogP contribution is -2.73. The van der Waals surface area contributed by atoms with Gasteiger partial charge in [-0.15, -0.1) is 11.3 Å². The molecule has 1 aliphatic carbocycles. The molecule has 0 atom stereocenters. The minimum atomic E-state index is -2.88. The molecule has 0 saturated heterocycles. The summed E-state index contributed by atoms with van der Waals surface area (Å²) in [6.07, 6.45) is 0. The van der Waals surface area contributed by atoms with Gasteiger partial charge in [0.15, 0.2) is 8.07 Å². The van der Waals surface area contributed by atoms with Gasteiger partial charge in [-0.1, -0.05) is 221 Å². The van der Waals surface area contributed by atoms with Gasteiger partial charge in [0, 0.05) is 37.2 Å². The third-order valence-corrected chi connectivity index (χ3v) is 20.9. The molecule has 0 unspecified atom stereocenters. The van der Waals surface area contributed by atoms with Crippen molar-refractivity contribution in [2.45, 2.75) is 31.6 Å². The van der Waals surface area contributed by atoms with Crippen molar-refractivity contribution in [3.63, 3.8) is 0 Å². The van der Waals surface area contributed by atoms with Crippen molar-refractivity contribution in [2.75, 3.05) is 4.90 Å². The molecule has 0 saturated carbocycles. The van der Waals surface area contributed by atoms with E-state index < -0.39 is 13.5 Å². The summed E-state index contributed by atoms with van der Waals surface area (Å²) < 4.78 is 2.59. The molecular weight excluding hydrogens is 855 g/mol. The standard InChI is InChI=1S/C65H49NSSi/c1-64(2,3)46-39-49(41-51(40-46)68(50-25-11-6-12-26-50)62-33-19-15-29-56(62)57-30-16-20-34-63(57)68)66(48-36-38-55-54-28-14-18-32-60(54)67-61(55)43-48)47-35-37-53-52-27-13-17-31-58(52)65(59(53)42-47,44-21-7-4-8-22-44)45-23-9-5-10-24-45/h4-43H,1-3H3. The summed E-state index contributed by atoms with van der Waals surface area (Å²) in [5.41, 5.74) is 14.5. The Hall–Kier alpha value is -7.56. The van der Waals surface area contributed by atoms with E-state index in [0.717, 1.165) is 17.1 Å². The van der Waals surface area contributed by atoms with Gasteiger partial charge in [-0.25, -0.2) is 0 Å². The van der Waals surface area contributed by atoms with Gasteiger partial charge >= 0.3 is 0 Å². The molecule has 10 aromatic carbocycles. The molecule has 13 rings (SSSR count). The molecule has 0 bridgehead atoms. The minimum absolute atomic E-state index is 0.148. The Labute approximate surface area is 404 Å². The van der Waals surface area contributed by atoms with E-state index in [-0.39, 0.29) is 5.41 Å². The number of rotatable bonds is 7. The van der Waals surface area contributed by atoms with Crippen LogP contribution in [0.3, 0.4) is 0 Å². The molecule has 0 amide bonds. The van der Waals surface area contributed by atoms with Gasteiger partial charge < -0.3 is 4.90 Å². The molecule has 2 aliphatic rings. The average Bonchev–Trinajstić information content (AvgIpc) is 4.02. The van der Waals surface area contributed by atoms with Crippen molar-refractivity contribution < 1.29 is 0 Å². The van der Waals surface area contributed by atoms with E-state index in [0.29, 0.717) is 0 Å². The van der Waals surface area contributed by atoms with Crippen molar-refractivity contribution in [1.29, 1.82) is 0 Å². The van der Waals surface area contributed by atoms with Crippen molar-refractivity contribution >= 4 is 77.4 Å². The summed E-state index contributed by atoms with van der Waals surface area (Å²) in [5, 5.41) is 8.31. The van der Waals surface area contributed by atoms with E-state index in [4.69, 9.17) is 0 Å². The van der Waals surface area contributed by atoms with Gasteiger partial charge in [-0.05, 0) is 119 Å². The van der Waals surface area contributed by atoms with Crippen LogP contribution in [0.4, 0.5) is 17.1 Å². The fourth-order valence-corrected chi connectivity index (χ4v) is 18.3. The van der Waals surface area contributed by atoms with Crippen LogP contribution in [0, 0.1) is 0 Å². The molecule has 1 aromatic heterocycles. The van der Waals surface area contributed by atoms with Gasteiger partial charge in [0.05, 0.1) is 5.41 Å². The van der Waals surface area contributed by atoms with Crippen LogP contribution in [0.1, 0.15) is 48.6 Å². The zero-order chi connectivity index (χ0) is 45.6. The summed E-state index contributed by atoms with van der Waals surface area (Å²) in [4.78, 5) is 2.58. The maximum absolute atomic E-state index is 2.88. The Morgan fingerprint density at radius 1 is 0.382 bits per heavy atom. The highest BCUT2D eigenvalue weighted by Crippen LogP contribution is 2.57. The molecule has 0 fully saturated rings. The minimum Gasteiger partial charge on any atom is -0.310 e. The smallest absolute Gasteiger partial charge is 0.180 e. The Morgan fingerprint density at radius 3 is 1.59 bits per heavy atom. The van der Waals surface area contributed by atoms with Gasteiger partial charge in [0.1, 0.15) is 0 Å². The van der Waals surface area contributed by atoms with Crippen molar-refractivity contribution in [2.24, 2.45) is 0 Å². The monoisotopic (exact) mass is 903 g/mol. The van der Waals surface area contributed by atoms with Crippen LogP contribution in [0.15, 0.2) is 243 Å². The topological polar surface area (TPSA) is 3.24 Å². The predicted octanol–water partition coefficient (Wildman–Crippen LogP) is 14.5. The number of hydrogen-bond acceptors (Lipinski definition) is 2. The summed E-state index contributed by atoms with van der Waals surface area (Å²) in [7, 11) is -2.88. The Bertz CT molecular complexity index is 3650. The number of thiophene rings is 1. The maximum atomic E-state index is 2.58. The molecule has 0 radical (unpaired) electrons. The Balaban J connectivity index is 1.13. The number of anilines is 3. The van der Waals surface area contributed by atoms with Crippen LogP contribution in [-0.2, 0) is 10.8 Å². The fraction of sp³-hybridized carbons (Fsp3) is 0.0769.